The number of nitrogens with two attached hydrogens (primary N) is 2. The van der Waals surface area contributed by atoms with Gasteiger partial charge >= 0.3 is 0 Å². The molecule has 1 aliphatic carbocycles. The number of hydrogen-bond acceptors (Lipinski definition) is 11. The highest BCUT2D eigenvalue weighted by atomic mass is 16.5. The molecule has 0 radical (unpaired) electrons. The maximum Gasteiger partial charge on any atom is 0.270 e. The molecule has 0 saturated heterocycles. The van der Waals surface area contributed by atoms with Crippen LogP contribution in [-0.2, 0) is 13.1 Å². The van der Waals surface area contributed by atoms with E-state index in [0.29, 0.717) is 31.9 Å². The van der Waals surface area contributed by atoms with E-state index in [4.69, 9.17) is 16.3 Å². The Morgan fingerprint density at radius 2 is 1.95 bits per heavy atom. The number of carbonyl (C=O) groups is 2. The van der Waals surface area contributed by atoms with Crippen LogP contribution in [0.2, 0.25) is 0 Å². The Labute approximate surface area is 252 Å². The zero-order chi connectivity index (χ0) is 31.2. The van der Waals surface area contributed by atoms with Crippen LogP contribution in [0.4, 0.5) is 11.4 Å². The number of aromatic nitrogens is 2. The molecule has 6 N–H and O–H groups in total. The van der Waals surface area contributed by atoms with Crippen molar-refractivity contribution in [3.63, 3.8) is 0 Å². The van der Waals surface area contributed by atoms with Crippen molar-refractivity contribution in [3.05, 3.63) is 109 Å². The Balaban J connectivity index is 1.22. The first-order valence-electron chi connectivity index (χ1n) is 14.0. The first-order valence-corrected chi connectivity index (χ1v) is 14.0. The van der Waals surface area contributed by atoms with E-state index in [1.807, 2.05) is 43.4 Å². The molecule has 226 valence electrons. The molecule has 1 aliphatic heterocycles. The smallest absolute Gasteiger partial charge is 0.270 e. The summed E-state index contributed by atoms with van der Waals surface area (Å²) >= 11 is 0. The minimum atomic E-state index is -0.669. The van der Waals surface area contributed by atoms with Crippen molar-refractivity contribution in [1.82, 2.24) is 20.6 Å². The van der Waals surface area contributed by atoms with Crippen LogP contribution in [0, 0.1) is 0 Å². The van der Waals surface area contributed by atoms with Gasteiger partial charge in [-0.2, -0.15) is 5.10 Å². The average molecular weight is 597 g/mol. The molecule has 0 bridgehead atoms. The highest BCUT2D eigenvalue weighted by Gasteiger charge is 2.26. The van der Waals surface area contributed by atoms with Crippen molar-refractivity contribution in [1.29, 1.82) is 0 Å². The molecule has 13 heteroatoms. The second-order valence-electron chi connectivity index (χ2n) is 10.5. The van der Waals surface area contributed by atoms with Gasteiger partial charge in [-0.3, -0.25) is 19.2 Å². The highest BCUT2D eigenvalue weighted by Crippen LogP contribution is 2.28. The zero-order valence-corrected chi connectivity index (χ0v) is 24.1. The van der Waals surface area contributed by atoms with Gasteiger partial charge in [0.2, 0.25) is 0 Å². The molecular formula is C31H32N8O5. The normalized spacial score (nSPS) is 20.0. The fourth-order valence-corrected chi connectivity index (χ4v) is 5.05. The minimum absolute atomic E-state index is 0.0341. The van der Waals surface area contributed by atoms with Crippen LogP contribution in [0.25, 0.3) is 0 Å². The molecular weight excluding hydrogens is 564 g/mol. The molecule has 2 heterocycles. The quantitative estimate of drug-likeness (QED) is 0.133. The number of benzene rings is 1. The lowest BCUT2D eigenvalue weighted by molar-refractivity contribution is 0.0937. The predicted octanol–water partition coefficient (Wildman–Crippen LogP) is 1.25. The Morgan fingerprint density at radius 1 is 1.16 bits per heavy atom. The number of hydrazone groups is 1. The van der Waals surface area contributed by atoms with Crippen LogP contribution in [-0.4, -0.2) is 47.2 Å². The Bertz CT molecular complexity index is 1780. The van der Waals surface area contributed by atoms with Gasteiger partial charge in [-0.15, -0.1) is 0 Å². The number of carbonyl (C=O) groups excluding carboxylic acids is 2. The van der Waals surface area contributed by atoms with Gasteiger partial charge in [-0.05, 0) is 43.0 Å². The standard InChI is InChI=1S/C31H32N8O5/c1-18-5-7-22(4-2-3-19(11-18)15-37-33)38-31(43)24-13-23(35-17-36-24)30(42)34-14-20-6-8-25-21(12-20)16-39(9-10-44-25)27-26(32)28(40)29(27)41/h2-4,6,8,11-13,15,17,22H,5,7,9-10,14,16,32-33H2,1H3,(H,34,42)(H,38,43)/b4-2+,18-11+,19-3+,37-15+. The number of allylic oxidation sites excluding steroid dienone is 5. The number of nitrogen functional groups attached to an aromatic ring is 1. The Hall–Kier alpha value is -5.59. The van der Waals surface area contributed by atoms with Gasteiger partial charge in [-0.1, -0.05) is 35.9 Å². The van der Waals surface area contributed by atoms with Crippen molar-refractivity contribution in [2.45, 2.75) is 38.9 Å². The minimum Gasteiger partial charge on any atom is -0.491 e. The summed E-state index contributed by atoms with van der Waals surface area (Å²) in [6, 6.07) is 6.57. The SMILES string of the molecule is C\C1=C/C(/C=N/N)=C\C=C\C(NC(=O)c2cc(C(=O)NCc3ccc4c(c3)CN(c3c(N)c(=O)c3=O)CCO4)ncn2)CC1. The maximum atomic E-state index is 13.0. The van der Waals surface area contributed by atoms with Crippen molar-refractivity contribution in [2.24, 2.45) is 10.9 Å². The van der Waals surface area contributed by atoms with E-state index in [1.54, 1.807) is 17.2 Å². The molecule has 2 amide bonds. The number of nitrogens with zero attached hydrogens (tertiary/aromatic N) is 4. The Morgan fingerprint density at radius 3 is 2.73 bits per heavy atom. The van der Waals surface area contributed by atoms with Gasteiger partial charge in [0.15, 0.2) is 0 Å². The molecule has 1 unspecified atom stereocenters. The van der Waals surface area contributed by atoms with Crippen LogP contribution in [0.3, 0.4) is 0 Å². The van der Waals surface area contributed by atoms with E-state index in [-0.39, 0.29) is 35.3 Å². The van der Waals surface area contributed by atoms with E-state index in [1.165, 1.54) is 12.4 Å². The molecule has 0 spiro atoms. The lowest BCUT2D eigenvalue weighted by atomic mass is 10.1. The summed E-state index contributed by atoms with van der Waals surface area (Å²) in [5, 5.41) is 9.35. The fraction of sp³-hybridized carbons (Fsp3) is 0.258. The monoisotopic (exact) mass is 596 g/mol. The summed E-state index contributed by atoms with van der Waals surface area (Å²) in [5.41, 5.74) is 8.32. The van der Waals surface area contributed by atoms with Gasteiger partial charge < -0.3 is 31.8 Å². The second-order valence-corrected chi connectivity index (χ2v) is 10.5. The molecule has 0 saturated carbocycles. The van der Waals surface area contributed by atoms with Crippen LogP contribution in [0.5, 0.6) is 5.75 Å². The fourth-order valence-electron chi connectivity index (χ4n) is 5.05. The van der Waals surface area contributed by atoms with E-state index in [0.717, 1.165) is 28.7 Å². The number of anilines is 2. The van der Waals surface area contributed by atoms with Crippen molar-refractivity contribution in [3.8, 4) is 5.75 Å². The molecule has 13 nitrogen and oxygen atoms in total. The number of hydrogen-bond donors (Lipinski definition) is 4. The Kier molecular flexibility index (Phi) is 8.93. The summed E-state index contributed by atoms with van der Waals surface area (Å²) in [6.45, 7) is 3.21. The summed E-state index contributed by atoms with van der Waals surface area (Å²) in [6.07, 6.45) is 11.7. The third kappa shape index (κ3) is 6.72. The molecule has 3 aromatic rings. The van der Waals surface area contributed by atoms with Gasteiger partial charge in [0.1, 0.15) is 41.4 Å². The van der Waals surface area contributed by atoms with Crippen molar-refractivity contribution in [2.75, 3.05) is 23.8 Å². The third-order valence-electron chi connectivity index (χ3n) is 7.36. The van der Waals surface area contributed by atoms with Crippen LogP contribution >= 0.6 is 0 Å². The summed E-state index contributed by atoms with van der Waals surface area (Å²) < 4.78 is 5.81. The van der Waals surface area contributed by atoms with Crippen LogP contribution in [0.1, 0.15) is 51.9 Å². The highest BCUT2D eigenvalue weighted by molar-refractivity contribution is 5.97. The molecule has 0 fully saturated rings. The summed E-state index contributed by atoms with van der Waals surface area (Å²) in [7, 11) is 0. The number of amides is 2. The van der Waals surface area contributed by atoms with Gasteiger partial charge in [0.05, 0.1) is 12.8 Å². The van der Waals surface area contributed by atoms with E-state index in [2.05, 4.69) is 25.7 Å². The molecule has 2 aliphatic rings. The molecule has 5 rings (SSSR count). The first kappa shape index (κ1) is 29.9. The molecule has 1 atom stereocenters. The molecule has 1 aromatic heterocycles. The van der Waals surface area contributed by atoms with Crippen molar-refractivity contribution < 1.29 is 14.3 Å². The number of ether oxygens (including phenoxy) is 1. The number of rotatable bonds is 7. The van der Waals surface area contributed by atoms with Crippen LogP contribution in [0.15, 0.2) is 80.7 Å². The van der Waals surface area contributed by atoms with Gasteiger partial charge in [0, 0.05) is 30.8 Å². The maximum absolute atomic E-state index is 13.0. The van der Waals surface area contributed by atoms with E-state index >= 15 is 0 Å². The largest absolute Gasteiger partial charge is 0.491 e. The molecule has 44 heavy (non-hydrogen) atoms. The molecule has 2 aromatic carbocycles. The average Bonchev–Trinajstić information content (AvgIpc) is 3.18. The van der Waals surface area contributed by atoms with Crippen LogP contribution < -0.4 is 42.7 Å². The summed E-state index contributed by atoms with van der Waals surface area (Å²) in [5.74, 6) is 5.02. The third-order valence-corrected chi connectivity index (χ3v) is 7.36. The lowest BCUT2D eigenvalue weighted by Gasteiger charge is -2.24. The van der Waals surface area contributed by atoms with E-state index in [9.17, 15) is 19.2 Å². The van der Waals surface area contributed by atoms with E-state index < -0.39 is 22.7 Å². The van der Waals surface area contributed by atoms with Crippen molar-refractivity contribution >= 4 is 29.4 Å². The summed E-state index contributed by atoms with van der Waals surface area (Å²) in [4.78, 5) is 59.5. The lowest BCUT2D eigenvalue weighted by Crippen LogP contribution is -2.43. The first-order chi connectivity index (χ1) is 21.2. The predicted molar refractivity (Wildman–Crippen MR) is 166 cm³/mol. The number of fused-ring (bicyclic) bond motifs is 1. The zero-order valence-electron chi connectivity index (χ0n) is 24.1. The second kappa shape index (κ2) is 13.2. The topological polar surface area (TPSA) is 195 Å². The van der Waals surface area contributed by atoms with Gasteiger partial charge in [0.25, 0.3) is 22.7 Å². The number of nitrogens with one attached hydrogen (secondary N) is 2. The van der Waals surface area contributed by atoms with Gasteiger partial charge in [-0.25, -0.2) is 9.97 Å².